The molecule has 1 aliphatic heterocycles. The van der Waals surface area contributed by atoms with Crippen LogP contribution in [0.2, 0.25) is 0 Å². The molecule has 21 heavy (non-hydrogen) atoms. The molecule has 0 amide bonds. The molecule has 2 aromatic rings. The first-order valence-electron chi connectivity index (χ1n) is 6.76. The van der Waals surface area contributed by atoms with Crippen LogP contribution in [0.4, 0.5) is 20.2 Å². The van der Waals surface area contributed by atoms with Gasteiger partial charge in [-0.2, -0.15) is 0 Å². The molecule has 0 saturated heterocycles. The van der Waals surface area contributed by atoms with Crippen molar-refractivity contribution in [1.29, 1.82) is 0 Å². The van der Waals surface area contributed by atoms with E-state index in [1.165, 1.54) is 17.3 Å². The number of fused-ring (bicyclic) bond motifs is 1. The second kappa shape index (κ2) is 5.64. The molecule has 1 N–H and O–H groups in total. The van der Waals surface area contributed by atoms with E-state index in [9.17, 15) is 8.78 Å². The highest BCUT2D eigenvalue weighted by Gasteiger charge is 2.15. The summed E-state index contributed by atoms with van der Waals surface area (Å²) in [7, 11) is 2.08. The molecule has 0 radical (unpaired) electrons. The molecule has 0 bridgehead atoms. The van der Waals surface area contributed by atoms with Gasteiger partial charge in [0.05, 0.1) is 10.2 Å². The number of hydrogen-bond acceptors (Lipinski definition) is 2. The molecule has 1 aliphatic rings. The molecule has 0 saturated carbocycles. The van der Waals surface area contributed by atoms with Gasteiger partial charge in [-0.25, -0.2) is 8.78 Å². The average Bonchev–Trinajstić information content (AvgIpc) is 2.82. The van der Waals surface area contributed by atoms with Gasteiger partial charge in [0, 0.05) is 31.9 Å². The maximum atomic E-state index is 13.7. The van der Waals surface area contributed by atoms with Crippen LogP contribution in [0.15, 0.2) is 34.8 Å². The van der Waals surface area contributed by atoms with Crippen LogP contribution < -0.4 is 10.2 Å². The second-order valence-corrected chi connectivity index (χ2v) is 6.09. The lowest BCUT2D eigenvalue weighted by Gasteiger charge is -2.13. The third kappa shape index (κ3) is 2.88. The molecule has 0 unspecified atom stereocenters. The summed E-state index contributed by atoms with van der Waals surface area (Å²) in [4.78, 5) is 2.23. The van der Waals surface area contributed by atoms with E-state index in [-0.39, 0.29) is 4.47 Å². The highest BCUT2D eigenvalue weighted by molar-refractivity contribution is 9.10. The summed E-state index contributed by atoms with van der Waals surface area (Å²) in [6.45, 7) is 1.54. The van der Waals surface area contributed by atoms with Crippen LogP contribution >= 0.6 is 15.9 Å². The first kappa shape index (κ1) is 14.3. The molecule has 0 spiro atoms. The van der Waals surface area contributed by atoms with Crippen molar-refractivity contribution in [3.63, 3.8) is 0 Å². The lowest BCUT2D eigenvalue weighted by molar-refractivity contribution is 0.580. The van der Waals surface area contributed by atoms with Gasteiger partial charge in [-0.15, -0.1) is 0 Å². The van der Waals surface area contributed by atoms with Crippen LogP contribution in [0, 0.1) is 11.6 Å². The number of nitrogens with zero attached hydrogens (tertiary/aromatic N) is 1. The fourth-order valence-corrected chi connectivity index (χ4v) is 2.93. The molecule has 0 atom stereocenters. The number of halogens is 3. The first-order valence-corrected chi connectivity index (χ1v) is 7.55. The van der Waals surface area contributed by atoms with E-state index in [1.54, 1.807) is 0 Å². The number of hydrogen-bond donors (Lipinski definition) is 1. The molecule has 2 nitrogen and oxygen atoms in total. The van der Waals surface area contributed by atoms with Crippen molar-refractivity contribution >= 4 is 27.3 Å². The van der Waals surface area contributed by atoms with Crippen molar-refractivity contribution in [2.75, 3.05) is 23.8 Å². The topological polar surface area (TPSA) is 15.3 Å². The first-order chi connectivity index (χ1) is 10.0. The summed E-state index contributed by atoms with van der Waals surface area (Å²) in [5.74, 6) is -1.18. The van der Waals surface area contributed by atoms with Crippen molar-refractivity contribution in [3.05, 3.63) is 57.6 Å². The SMILES string of the molecule is CN1CCc2cc(CNc3cc(Br)c(F)cc3F)ccc21. The van der Waals surface area contributed by atoms with E-state index in [1.807, 2.05) is 6.07 Å². The van der Waals surface area contributed by atoms with Gasteiger partial charge in [-0.1, -0.05) is 12.1 Å². The largest absolute Gasteiger partial charge is 0.379 e. The Hall–Kier alpha value is -1.62. The van der Waals surface area contributed by atoms with Gasteiger partial charge < -0.3 is 10.2 Å². The molecule has 1 heterocycles. The van der Waals surface area contributed by atoms with Crippen LogP contribution in [-0.2, 0) is 13.0 Å². The Morgan fingerprint density at radius 1 is 1.19 bits per heavy atom. The molecule has 5 heteroatoms. The Labute approximate surface area is 130 Å². The fourth-order valence-electron chi connectivity index (χ4n) is 2.59. The smallest absolute Gasteiger partial charge is 0.149 e. The minimum absolute atomic E-state index is 0.252. The van der Waals surface area contributed by atoms with Crippen LogP contribution in [0.25, 0.3) is 0 Å². The second-order valence-electron chi connectivity index (χ2n) is 5.23. The average molecular weight is 353 g/mol. The number of rotatable bonds is 3. The van der Waals surface area contributed by atoms with E-state index < -0.39 is 11.6 Å². The maximum absolute atomic E-state index is 13.7. The highest BCUT2D eigenvalue weighted by Crippen LogP contribution is 2.28. The highest BCUT2D eigenvalue weighted by atomic mass is 79.9. The van der Waals surface area contributed by atoms with Crippen LogP contribution in [-0.4, -0.2) is 13.6 Å². The lowest BCUT2D eigenvalue weighted by Crippen LogP contribution is -2.12. The van der Waals surface area contributed by atoms with E-state index in [2.05, 4.69) is 45.3 Å². The zero-order valence-electron chi connectivity index (χ0n) is 11.6. The minimum atomic E-state index is -0.599. The number of nitrogens with one attached hydrogen (secondary N) is 1. The summed E-state index contributed by atoms with van der Waals surface area (Å²) >= 11 is 3.07. The fraction of sp³-hybridized carbons (Fsp3) is 0.250. The van der Waals surface area contributed by atoms with Gasteiger partial charge in [0.1, 0.15) is 11.6 Å². The van der Waals surface area contributed by atoms with Crippen LogP contribution in [0.3, 0.4) is 0 Å². The van der Waals surface area contributed by atoms with Gasteiger partial charge >= 0.3 is 0 Å². The third-order valence-electron chi connectivity index (χ3n) is 3.76. The van der Waals surface area contributed by atoms with E-state index in [0.717, 1.165) is 24.6 Å². The molecule has 2 aromatic carbocycles. The number of anilines is 2. The summed E-state index contributed by atoms with van der Waals surface area (Å²) in [5, 5.41) is 3.01. The van der Waals surface area contributed by atoms with Crippen molar-refractivity contribution < 1.29 is 8.78 Å². The van der Waals surface area contributed by atoms with Gasteiger partial charge in [0.15, 0.2) is 0 Å². The zero-order chi connectivity index (χ0) is 15.0. The predicted molar refractivity (Wildman–Crippen MR) is 84.8 cm³/mol. The Morgan fingerprint density at radius 2 is 2.00 bits per heavy atom. The van der Waals surface area contributed by atoms with Crippen LogP contribution in [0.1, 0.15) is 11.1 Å². The Bertz CT molecular complexity index is 688. The van der Waals surface area contributed by atoms with Gasteiger partial charge in [-0.3, -0.25) is 0 Å². The normalized spacial score (nSPS) is 13.4. The van der Waals surface area contributed by atoms with E-state index >= 15 is 0 Å². The molecule has 0 fully saturated rings. The summed E-state index contributed by atoms with van der Waals surface area (Å²) in [5.41, 5.74) is 3.96. The molecule has 110 valence electrons. The third-order valence-corrected chi connectivity index (χ3v) is 4.37. The quantitative estimate of drug-likeness (QED) is 0.827. The standard InChI is InChI=1S/C16H15BrF2N2/c1-21-5-4-11-6-10(2-3-16(11)21)9-20-15-7-12(17)13(18)8-14(15)19/h2-3,6-8,20H,4-5,9H2,1H3. The monoisotopic (exact) mass is 352 g/mol. The maximum Gasteiger partial charge on any atom is 0.149 e. The molecule has 0 aliphatic carbocycles. The molecular weight excluding hydrogens is 338 g/mol. The lowest BCUT2D eigenvalue weighted by atomic mass is 10.1. The van der Waals surface area contributed by atoms with E-state index in [4.69, 9.17) is 0 Å². The zero-order valence-corrected chi connectivity index (χ0v) is 13.2. The van der Waals surface area contributed by atoms with Gasteiger partial charge in [0.25, 0.3) is 0 Å². The van der Waals surface area contributed by atoms with Crippen molar-refractivity contribution in [1.82, 2.24) is 0 Å². The summed E-state index contributed by atoms with van der Waals surface area (Å²) < 4.78 is 27.1. The van der Waals surface area contributed by atoms with Crippen molar-refractivity contribution in [2.45, 2.75) is 13.0 Å². The summed E-state index contributed by atoms with van der Waals surface area (Å²) in [6, 6.07) is 8.57. The summed E-state index contributed by atoms with van der Waals surface area (Å²) in [6.07, 6.45) is 1.04. The predicted octanol–water partition coefficient (Wildman–Crippen LogP) is 4.33. The Morgan fingerprint density at radius 3 is 2.81 bits per heavy atom. The van der Waals surface area contributed by atoms with Crippen molar-refractivity contribution in [3.8, 4) is 0 Å². The Balaban J connectivity index is 1.75. The molecular formula is C16H15BrF2N2. The van der Waals surface area contributed by atoms with Gasteiger partial charge in [0.2, 0.25) is 0 Å². The van der Waals surface area contributed by atoms with Crippen molar-refractivity contribution in [2.24, 2.45) is 0 Å². The van der Waals surface area contributed by atoms with Gasteiger partial charge in [-0.05, 0) is 45.6 Å². The Kier molecular flexibility index (Phi) is 3.85. The molecule has 3 rings (SSSR count). The van der Waals surface area contributed by atoms with Crippen LogP contribution in [0.5, 0.6) is 0 Å². The minimum Gasteiger partial charge on any atom is -0.379 e. The van der Waals surface area contributed by atoms with E-state index in [0.29, 0.717) is 12.2 Å². The molecule has 0 aromatic heterocycles. The number of likely N-dealkylation sites (N-methyl/N-ethyl adjacent to an activating group) is 1. The number of benzene rings is 2.